The summed E-state index contributed by atoms with van der Waals surface area (Å²) in [6, 6.07) is 5.78. The zero-order valence-electron chi connectivity index (χ0n) is 9.37. The Kier molecular flexibility index (Phi) is 4.69. The van der Waals surface area contributed by atoms with E-state index in [2.05, 4.69) is 19.9 Å². The van der Waals surface area contributed by atoms with Crippen LogP contribution in [-0.4, -0.2) is 18.8 Å². The van der Waals surface area contributed by atoms with Crippen molar-refractivity contribution in [3.05, 3.63) is 29.3 Å². The smallest absolute Gasteiger partial charge is 0.338 e. The lowest BCUT2D eigenvalue weighted by Gasteiger charge is -2.10. The van der Waals surface area contributed by atoms with E-state index in [1.165, 1.54) is 12.0 Å². The Morgan fingerprint density at radius 2 is 2.13 bits per heavy atom. The Morgan fingerprint density at radius 1 is 1.40 bits per heavy atom. The van der Waals surface area contributed by atoms with Gasteiger partial charge in [-0.1, -0.05) is 19.9 Å². The molecular weight excluding hydrogens is 208 g/mol. The summed E-state index contributed by atoms with van der Waals surface area (Å²) < 4.78 is 4.76. The highest BCUT2D eigenvalue weighted by Gasteiger charge is 2.13. The van der Waals surface area contributed by atoms with Crippen LogP contribution in [0.5, 0.6) is 0 Å². The fourth-order valence-electron chi connectivity index (χ4n) is 1.52. The first-order chi connectivity index (χ1) is 7.24. The van der Waals surface area contributed by atoms with E-state index in [1.54, 1.807) is 11.8 Å². The van der Waals surface area contributed by atoms with Crippen molar-refractivity contribution in [3.63, 3.8) is 0 Å². The van der Waals surface area contributed by atoms with Crippen LogP contribution >= 0.6 is 11.8 Å². The molecule has 1 aromatic carbocycles. The van der Waals surface area contributed by atoms with E-state index in [0.29, 0.717) is 5.56 Å². The maximum absolute atomic E-state index is 11.5. The van der Waals surface area contributed by atoms with E-state index in [1.807, 2.05) is 12.1 Å². The van der Waals surface area contributed by atoms with Crippen LogP contribution < -0.4 is 0 Å². The molecule has 0 bridgehead atoms. The standard InChI is InChI=1S/C12H16O2S/c1-4-9-10(12(13)14-3)7-6-8-11(9)15-5-2/h6-8H,4-5H2,1-3H3. The van der Waals surface area contributed by atoms with Gasteiger partial charge in [0.05, 0.1) is 12.7 Å². The van der Waals surface area contributed by atoms with Crippen LogP contribution in [0.1, 0.15) is 29.8 Å². The SMILES string of the molecule is CCSc1cccc(C(=O)OC)c1CC. The van der Waals surface area contributed by atoms with E-state index in [9.17, 15) is 4.79 Å². The van der Waals surface area contributed by atoms with Crippen molar-refractivity contribution in [3.8, 4) is 0 Å². The van der Waals surface area contributed by atoms with Crippen LogP contribution in [0.15, 0.2) is 23.1 Å². The third-order valence-electron chi connectivity index (χ3n) is 2.19. The van der Waals surface area contributed by atoms with Gasteiger partial charge in [-0.2, -0.15) is 0 Å². The molecule has 0 aliphatic rings. The minimum absolute atomic E-state index is 0.245. The molecular formula is C12H16O2S. The first-order valence-electron chi connectivity index (χ1n) is 5.07. The maximum atomic E-state index is 11.5. The van der Waals surface area contributed by atoms with Crippen LogP contribution in [0.25, 0.3) is 0 Å². The number of methoxy groups -OCH3 is 1. The number of hydrogen-bond donors (Lipinski definition) is 0. The Labute approximate surface area is 95.0 Å². The minimum atomic E-state index is -0.245. The van der Waals surface area contributed by atoms with Gasteiger partial charge in [0.25, 0.3) is 0 Å². The van der Waals surface area contributed by atoms with E-state index >= 15 is 0 Å². The number of carbonyl (C=O) groups excluding carboxylic acids is 1. The predicted octanol–water partition coefficient (Wildman–Crippen LogP) is 3.15. The lowest BCUT2D eigenvalue weighted by Crippen LogP contribution is -2.06. The van der Waals surface area contributed by atoms with Crippen LogP contribution in [0.4, 0.5) is 0 Å². The Hall–Kier alpha value is -0.960. The van der Waals surface area contributed by atoms with Crippen molar-refractivity contribution in [2.45, 2.75) is 25.2 Å². The van der Waals surface area contributed by atoms with E-state index in [0.717, 1.165) is 17.7 Å². The largest absolute Gasteiger partial charge is 0.465 e. The highest BCUT2D eigenvalue weighted by Crippen LogP contribution is 2.26. The summed E-state index contributed by atoms with van der Waals surface area (Å²) >= 11 is 1.76. The number of rotatable bonds is 4. The number of ether oxygens (including phenoxy) is 1. The summed E-state index contributed by atoms with van der Waals surface area (Å²) in [4.78, 5) is 12.7. The van der Waals surface area contributed by atoms with Gasteiger partial charge < -0.3 is 4.74 Å². The molecule has 0 fully saturated rings. The summed E-state index contributed by atoms with van der Waals surface area (Å²) in [5.41, 5.74) is 1.79. The van der Waals surface area contributed by atoms with E-state index < -0.39 is 0 Å². The molecule has 3 heteroatoms. The highest BCUT2D eigenvalue weighted by atomic mass is 32.2. The fraction of sp³-hybridized carbons (Fsp3) is 0.417. The summed E-state index contributed by atoms with van der Waals surface area (Å²) in [5, 5.41) is 0. The van der Waals surface area contributed by atoms with Gasteiger partial charge in [0.15, 0.2) is 0 Å². The first-order valence-corrected chi connectivity index (χ1v) is 6.06. The summed E-state index contributed by atoms with van der Waals surface area (Å²) in [7, 11) is 1.42. The quantitative estimate of drug-likeness (QED) is 0.580. The van der Waals surface area contributed by atoms with Crippen LogP contribution in [-0.2, 0) is 11.2 Å². The van der Waals surface area contributed by atoms with Crippen molar-refractivity contribution in [2.75, 3.05) is 12.9 Å². The van der Waals surface area contributed by atoms with Crippen molar-refractivity contribution in [1.82, 2.24) is 0 Å². The molecule has 0 saturated carbocycles. The van der Waals surface area contributed by atoms with Gasteiger partial charge in [-0.15, -0.1) is 11.8 Å². The molecule has 2 nitrogen and oxygen atoms in total. The lowest BCUT2D eigenvalue weighted by molar-refractivity contribution is 0.0599. The van der Waals surface area contributed by atoms with Gasteiger partial charge >= 0.3 is 5.97 Å². The minimum Gasteiger partial charge on any atom is -0.465 e. The second kappa shape index (κ2) is 5.81. The fourth-order valence-corrected chi connectivity index (χ4v) is 2.44. The molecule has 0 saturated heterocycles. The van der Waals surface area contributed by atoms with Gasteiger partial charge in [-0.3, -0.25) is 0 Å². The van der Waals surface area contributed by atoms with Crippen molar-refractivity contribution >= 4 is 17.7 Å². The molecule has 0 amide bonds. The molecule has 0 aliphatic heterocycles. The Balaban J connectivity index is 3.15. The summed E-state index contributed by atoms with van der Waals surface area (Å²) in [5.74, 6) is 0.767. The van der Waals surface area contributed by atoms with Crippen molar-refractivity contribution in [1.29, 1.82) is 0 Å². The number of hydrogen-bond acceptors (Lipinski definition) is 3. The first kappa shape index (κ1) is 12.1. The maximum Gasteiger partial charge on any atom is 0.338 e. The molecule has 0 atom stereocenters. The average Bonchev–Trinajstić information content (AvgIpc) is 2.28. The molecule has 0 N–H and O–H groups in total. The predicted molar refractivity (Wildman–Crippen MR) is 63.6 cm³/mol. The zero-order valence-corrected chi connectivity index (χ0v) is 10.2. The van der Waals surface area contributed by atoms with E-state index in [4.69, 9.17) is 4.74 Å². The van der Waals surface area contributed by atoms with E-state index in [-0.39, 0.29) is 5.97 Å². The topological polar surface area (TPSA) is 26.3 Å². The van der Waals surface area contributed by atoms with Crippen LogP contribution in [0, 0.1) is 0 Å². The third-order valence-corrected chi connectivity index (χ3v) is 3.17. The lowest BCUT2D eigenvalue weighted by atomic mass is 10.1. The van der Waals surface area contributed by atoms with Gasteiger partial charge in [-0.25, -0.2) is 4.79 Å². The molecule has 1 rings (SSSR count). The van der Waals surface area contributed by atoms with Gasteiger partial charge in [0.1, 0.15) is 0 Å². The molecule has 82 valence electrons. The van der Waals surface area contributed by atoms with Gasteiger partial charge in [-0.05, 0) is 29.9 Å². The average molecular weight is 224 g/mol. The number of thioether (sulfide) groups is 1. The monoisotopic (exact) mass is 224 g/mol. The Morgan fingerprint density at radius 3 is 2.67 bits per heavy atom. The molecule has 0 unspecified atom stereocenters. The second-order valence-corrected chi connectivity index (χ2v) is 4.37. The highest BCUT2D eigenvalue weighted by molar-refractivity contribution is 7.99. The van der Waals surface area contributed by atoms with Crippen molar-refractivity contribution < 1.29 is 9.53 Å². The molecule has 15 heavy (non-hydrogen) atoms. The third kappa shape index (κ3) is 2.75. The molecule has 0 aromatic heterocycles. The number of benzene rings is 1. The Bertz CT molecular complexity index is 347. The summed E-state index contributed by atoms with van der Waals surface area (Å²) in [6.07, 6.45) is 0.855. The molecule has 0 aliphatic carbocycles. The zero-order chi connectivity index (χ0) is 11.3. The molecule has 0 heterocycles. The summed E-state index contributed by atoms with van der Waals surface area (Å²) in [6.45, 7) is 4.16. The van der Waals surface area contributed by atoms with Gasteiger partial charge in [0.2, 0.25) is 0 Å². The second-order valence-electron chi connectivity index (χ2n) is 3.06. The van der Waals surface area contributed by atoms with Gasteiger partial charge in [0, 0.05) is 4.90 Å². The van der Waals surface area contributed by atoms with Crippen LogP contribution in [0.3, 0.4) is 0 Å². The molecule has 0 spiro atoms. The molecule has 0 radical (unpaired) electrons. The van der Waals surface area contributed by atoms with Crippen molar-refractivity contribution in [2.24, 2.45) is 0 Å². The molecule has 1 aromatic rings. The van der Waals surface area contributed by atoms with Crippen LogP contribution in [0.2, 0.25) is 0 Å². The number of esters is 1. The number of carbonyl (C=O) groups is 1. The normalized spacial score (nSPS) is 10.1.